The van der Waals surface area contributed by atoms with E-state index in [2.05, 4.69) is 36.7 Å². The molecule has 1 aromatic carbocycles. The Kier molecular flexibility index (Phi) is 4.63. The normalized spacial score (nSPS) is 11.2. The molecule has 0 aliphatic heterocycles. The summed E-state index contributed by atoms with van der Waals surface area (Å²) < 4.78 is 0.367. The number of nitrogens with zero attached hydrogens (tertiary/aromatic N) is 2. The van der Waals surface area contributed by atoms with Crippen molar-refractivity contribution in [1.82, 2.24) is 10.2 Å². The number of aromatic amines is 1. The second kappa shape index (κ2) is 6.65. The molecule has 6 heteroatoms. The Morgan fingerprint density at radius 1 is 1.32 bits per heavy atom. The minimum atomic E-state index is -0.306. The first kappa shape index (κ1) is 13.2. The van der Waals surface area contributed by atoms with Gasteiger partial charge in [0.05, 0.1) is 11.9 Å². The second-order valence-electron chi connectivity index (χ2n) is 3.59. The van der Waals surface area contributed by atoms with Gasteiger partial charge in [-0.05, 0) is 27.6 Å². The fraction of sp³-hybridized carbons (Fsp3) is 0. The van der Waals surface area contributed by atoms with Crippen molar-refractivity contribution in [3.63, 3.8) is 0 Å². The van der Waals surface area contributed by atoms with Gasteiger partial charge in [-0.2, -0.15) is 10.2 Å². The van der Waals surface area contributed by atoms with Gasteiger partial charge in [0.15, 0.2) is 0 Å². The topological polar surface area (TPSA) is 70.1 Å². The molecule has 0 saturated carbocycles. The van der Waals surface area contributed by atoms with E-state index in [4.69, 9.17) is 0 Å². The summed E-state index contributed by atoms with van der Waals surface area (Å²) in [4.78, 5) is 11.2. The van der Waals surface area contributed by atoms with E-state index in [-0.39, 0.29) is 5.56 Å². The molecule has 0 spiro atoms. The Hall–Kier alpha value is -2.21. The molecule has 0 atom stereocenters. The number of benzene rings is 1. The lowest BCUT2D eigenvalue weighted by Gasteiger charge is -1.99. The van der Waals surface area contributed by atoms with E-state index in [0.717, 1.165) is 5.56 Å². The van der Waals surface area contributed by atoms with Gasteiger partial charge in [0.2, 0.25) is 0 Å². The number of halogens is 1. The molecule has 0 amide bonds. The molecule has 0 bridgehead atoms. The number of H-pyrrole nitrogens is 1. The Morgan fingerprint density at radius 2 is 2.11 bits per heavy atom. The largest absolute Gasteiger partial charge is 0.280 e. The van der Waals surface area contributed by atoms with E-state index >= 15 is 0 Å². The standard InChI is InChI=1S/C13H11BrN4O/c14-12-11(9-16-18-13(12)19)17-15-8-4-7-10-5-2-1-3-6-10/h1-9H,(H2,17,18,19)/b7-4+,15-8-. The quantitative estimate of drug-likeness (QED) is 0.672. The number of aromatic nitrogens is 2. The van der Waals surface area contributed by atoms with E-state index in [9.17, 15) is 4.79 Å². The smallest absolute Gasteiger partial charge is 0.276 e. The highest BCUT2D eigenvalue weighted by Gasteiger charge is 2.01. The molecule has 1 heterocycles. The van der Waals surface area contributed by atoms with Crippen LogP contribution >= 0.6 is 15.9 Å². The van der Waals surface area contributed by atoms with E-state index in [1.165, 1.54) is 6.20 Å². The highest BCUT2D eigenvalue weighted by atomic mass is 79.9. The van der Waals surface area contributed by atoms with E-state index in [1.807, 2.05) is 36.4 Å². The lowest BCUT2D eigenvalue weighted by molar-refractivity contribution is 0.977. The van der Waals surface area contributed by atoms with Crippen molar-refractivity contribution >= 4 is 33.9 Å². The zero-order chi connectivity index (χ0) is 13.5. The van der Waals surface area contributed by atoms with Crippen LogP contribution in [0, 0.1) is 0 Å². The molecular weight excluding hydrogens is 308 g/mol. The molecule has 0 fully saturated rings. The SMILES string of the molecule is O=c1[nH]ncc(N/N=C\C=C\c2ccccc2)c1Br. The summed E-state index contributed by atoms with van der Waals surface area (Å²) in [6, 6.07) is 9.89. The Bertz CT molecular complexity index is 649. The molecule has 0 saturated heterocycles. The van der Waals surface area contributed by atoms with Crippen molar-refractivity contribution in [1.29, 1.82) is 0 Å². The maximum Gasteiger partial charge on any atom is 0.280 e. The van der Waals surface area contributed by atoms with Gasteiger partial charge in [0.1, 0.15) is 4.47 Å². The van der Waals surface area contributed by atoms with Crippen molar-refractivity contribution in [2.75, 3.05) is 5.43 Å². The van der Waals surface area contributed by atoms with Crippen LogP contribution in [0.1, 0.15) is 5.56 Å². The van der Waals surface area contributed by atoms with Crippen molar-refractivity contribution in [3.8, 4) is 0 Å². The molecule has 0 unspecified atom stereocenters. The van der Waals surface area contributed by atoms with Crippen molar-refractivity contribution in [2.24, 2.45) is 5.10 Å². The highest BCUT2D eigenvalue weighted by molar-refractivity contribution is 9.10. The van der Waals surface area contributed by atoms with Crippen LogP contribution < -0.4 is 11.0 Å². The van der Waals surface area contributed by atoms with Gasteiger partial charge < -0.3 is 0 Å². The van der Waals surface area contributed by atoms with Crippen LogP contribution in [0.5, 0.6) is 0 Å². The maximum absolute atomic E-state index is 11.2. The molecule has 2 rings (SSSR count). The third-order valence-electron chi connectivity index (χ3n) is 2.23. The van der Waals surface area contributed by atoms with E-state index in [1.54, 1.807) is 12.3 Å². The van der Waals surface area contributed by atoms with Gasteiger partial charge in [-0.15, -0.1) is 0 Å². The summed E-state index contributed by atoms with van der Waals surface area (Å²) in [5, 5.41) is 9.95. The molecule has 1 aromatic heterocycles. The monoisotopic (exact) mass is 318 g/mol. The van der Waals surface area contributed by atoms with Gasteiger partial charge in [-0.1, -0.05) is 36.4 Å². The zero-order valence-corrected chi connectivity index (χ0v) is 11.5. The number of rotatable bonds is 4. The van der Waals surface area contributed by atoms with Gasteiger partial charge >= 0.3 is 0 Å². The van der Waals surface area contributed by atoms with E-state index in [0.29, 0.717) is 10.2 Å². The Morgan fingerprint density at radius 3 is 2.89 bits per heavy atom. The fourth-order valence-electron chi connectivity index (χ4n) is 1.33. The molecule has 0 aliphatic rings. The fourth-order valence-corrected chi connectivity index (χ4v) is 1.61. The van der Waals surface area contributed by atoms with Crippen LogP contribution in [0.2, 0.25) is 0 Å². The van der Waals surface area contributed by atoms with Crippen molar-refractivity contribution < 1.29 is 0 Å². The second-order valence-corrected chi connectivity index (χ2v) is 4.38. The molecule has 2 N–H and O–H groups in total. The maximum atomic E-state index is 11.2. The first-order valence-corrected chi connectivity index (χ1v) is 6.30. The van der Waals surface area contributed by atoms with Crippen LogP contribution in [0.4, 0.5) is 5.69 Å². The molecular formula is C13H11BrN4O. The molecule has 2 aromatic rings. The van der Waals surface area contributed by atoms with Gasteiger partial charge in [-0.25, -0.2) is 5.10 Å². The number of allylic oxidation sites excluding steroid dienone is 1. The minimum Gasteiger partial charge on any atom is -0.276 e. The average molecular weight is 319 g/mol. The van der Waals surface area contributed by atoms with Gasteiger partial charge in [-0.3, -0.25) is 10.2 Å². The third-order valence-corrected chi connectivity index (χ3v) is 3.02. The van der Waals surface area contributed by atoms with Gasteiger partial charge in [0, 0.05) is 6.21 Å². The molecule has 5 nitrogen and oxygen atoms in total. The molecule has 96 valence electrons. The summed E-state index contributed by atoms with van der Waals surface area (Å²) >= 11 is 3.15. The lowest BCUT2D eigenvalue weighted by Crippen LogP contribution is -2.10. The molecule has 0 aliphatic carbocycles. The summed E-state index contributed by atoms with van der Waals surface area (Å²) in [6.07, 6.45) is 6.80. The molecule has 0 radical (unpaired) electrons. The van der Waals surface area contributed by atoms with Crippen LogP contribution in [-0.4, -0.2) is 16.4 Å². The van der Waals surface area contributed by atoms with Crippen LogP contribution in [0.3, 0.4) is 0 Å². The first-order valence-electron chi connectivity index (χ1n) is 5.51. The number of hydrogen-bond acceptors (Lipinski definition) is 4. The van der Waals surface area contributed by atoms with Crippen molar-refractivity contribution in [3.05, 3.63) is 63.0 Å². The predicted octanol–water partition coefficient (Wildman–Crippen LogP) is 2.64. The number of hydrogen-bond donors (Lipinski definition) is 2. The summed E-state index contributed by atoms with van der Waals surface area (Å²) in [7, 11) is 0. The number of hydrazone groups is 1. The minimum absolute atomic E-state index is 0.306. The summed E-state index contributed by atoms with van der Waals surface area (Å²) in [6.45, 7) is 0. The van der Waals surface area contributed by atoms with Gasteiger partial charge in [0.25, 0.3) is 5.56 Å². The lowest BCUT2D eigenvalue weighted by atomic mass is 10.2. The summed E-state index contributed by atoms with van der Waals surface area (Å²) in [5.74, 6) is 0. The van der Waals surface area contributed by atoms with Crippen molar-refractivity contribution in [2.45, 2.75) is 0 Å². The summed E-state index contributed by atoms with van der Waals surface area (Å²) in [5.41, 5.74) is 4.02. The number of nitrogens with one attached hydrogen (secondary N) is 2. The van der Waals surface area contributed by atoms with E-state index < -0.39 is 0 Å². The van der Waals surface area contributed by atoms with Crippen LogP contribution in [0.15, 0.2) is 57.0 Å². The average Bonchev–Trinajstić information content (AvgIpc) is 2.44. The number of anilines is 1. The third kappa shape index (κ3) is 3.89. The van der Waals surface area contributed by atoms with Crippen LogP contribution in [0.25, 0.3) is 6.08 Å². The molecule has 19 heavy (non-hydrogen) atoms. The predicted molar refractivity (Wildman–Crippen MR) is 80.1 cm³/mol. The Balaban J connectivity index is 1.96. The zero-order valence-electron chi connectivity index (χ0n) is 9.88. The highest BCUT2D eigenvalue weighted by Crippen LogP contribution is 2.14. The first-order chi connectivity index (χ1) is 9.27. The Labute approximate surface area is 118 Å². The van der Waals surface area contributed by atoms with Crippen LogP contribution in [-0.2, 0) is 0 Å².